The fourth-order valence-corrected chi connectivity index (χ4v) is 4.32. The van der Waals surface area contributed by atoms with Gasteiger partial charge in [-0.15, -0.1) is 0 Å². The molecule has 5 rings (SSSR count). The van der Waals surface area contributed by atoms with Crippen LogP contribution in [0.4, 0.5) is 5.95 Å². The highest BCUT2D eigenvalue weighted by Gasteiger charge is 2.33. The van der Waals surface area contributed by atoms with E-state index in [2.05, 4.69) is 45.7 Å². The second kappa shape index (κ2) is 7.71. The highest BCUT2D eigenvalue weighted by molar-refractivity contribution is 5.66. The molecule has 0 fully saturated rings. The highest BCUT2D eigenvalue weighted by atomic mass is 16.5. The van der Waals surface area contributed by atoms with Crippen molar-refractivity contribution in [1.29, 1.82) is 0 Å². The second-order valence-electron chi connectivity index (χ2n) is 7.53. The van der Waals surface area contributed by atoms with E-state index in [1.165, 1.54) is 22.4 Å². The van der Waals surface area contributed by atoms with Crippen LogP contribution < -0.4 is 14.8 Å². The van der Waals surface area contributed by atoms with Crippen molar-refractivity contribution < 1.29 is 9.47 Å². The maximum absolute atomic E-state index is 5.34. The molecular formula is C24H24N4O2. The van der Waals surface area contributed by atoms with E-state index in [0.29, 0.717) is 0 Å². The summed E-state index contributed by atoms with van der Waals surface area (Å²) in [6, 6.07) is 16.4. The number of nitrogens with one attached hydrogen (secondary N) is 1. The Labute approximate surface area is 175 Å². The molecule has 6 heteroatoms. The first-order chi connectivity index (χ1) is 14.8. The Kier molecular flexibility index (Phi) is 4.75. The molecule has 0 spiro atoms. The van der Waals surface area contributed by atoms with Gasteiger partial charge in [-0.3, -0.25) is 0 Å². The van der Waals surface area contributed by atoms with Gasteiger partial charge in [-0.1, -0.05) is 24.3 Å². The zero-order chi connectivity index (χ0) is 20.5. The molecule has 1 aliphatic heterocycles. The zero-order valence-corrected chi connectivity index (χ0v) is 17.1. The summed E-state index contributed by atoms with van der Waals surface area (Å²) in [5, 5.41) is 8.07. The lowest BCUT2D eigenvalue weighted by molar-refractivity contribution is 0.414. The number of fused-ring (bicyclic) bond motifs is 1. The Morgan fingerprint density at radius 1 is 0.967 bits per heavy atom. The summed E-state index contributed by atoms with van der Waals surface area (Å²) in [7, 11) is 3.38. The Bertz CT molecular complexity index is 1110. The van der Waals surface area contributed by atoms with Gasteiger partial charge in [0.2, 0.25) is 5.95 Å². The molecule has 30 heavy (non-hydrogen) atoms. The first-order valence-electron chi connectivity index (χ1n) is 10.2. The molecule has 0 radical (unpaired) electrons. The Hall–Kier alpha value is -3.54. The number of anilines is 1. The number of aromatic nitrogens is 3. The van der Waals surface area contributed by atoms with Gasteiger partial charge in [0.25, 0.3) is 0 Å². The molecule has 1 aliphatic carbocycles. The number of ether oxygens (including phenoxy) is 2. The number of allylic oxidation sites excluding steroid dienone is 2. The molecule has 0 bridgehead atoms. The van der Waals surface area contributed by atoms with E-state index in [1.807, 2.05) is 28.9 Å². The fraction of sp³-hybridized carbons (Fsp3) is 0.250. The zero-order valence-electron chi connectivity index (χ0n) is 17.1. The standard InChI is InChI=1S/C24H24N4O2/c1-29-19-10-6-16(7-11-19)14-18-4-3-5-21-22(18)27-24-25-15-26-28(24)23(21)17-8-12-20(30-2)13-9-17/h6-15,23H,3-5H2,1-2H3,(H,25,26,27). The minimum atomic E-state index is 0.0317. The predicted octanol–water partition coefficient (Wildman–Crippen LogP) is 4.83. The van der Waals surface area contributed by atoms with E-state index in [-0.39, 0.29) is 6.04 Å². The third-order valence-corrected chi connectivity index (χ3v) is 5.81. The number of hydrogen-bond acceptors (Lipinski definition) is 5. The SMILES string of the molecule is COc1ccc(C=C2CCCC3=C2Nc2ncnn2C3c2ccc(OC)cc2)cc1. The Morgan fingerprint density at radius 3 is 2.37 bits per heavy atom. The first kappa shape index (κ1) is 18.5. The van der Waals surface area contributed by atoms with E-state index >= 15 is 0 Å². The van der Waals surface area contributed by atoms with Crippen LogP contribution in [0.2, 0.25) is 0 Å². The van der Waals surface area contributed by atoms with Crippen LogP contribution in [0.15, 0.2) is 71.7 Å². The molecule has 152 valence electrons. The molecule has 0 saturated carbocycles. The van der Waals surface area contributed by atoms with Gasteiger partial charge in [0, 0.05) is 5.70 Å². The second-order valence-corrected chi connectivity index (χ2v) is 7.53. The summed E-state index contributed by atoms with van der Waals surface area (Å²) < 4.78 is 12.6. The van der Waals surface area contributed by atoms with Crippen molar-refractivity contribution in [2.45, 2.75) is 25.3 Å². The Balaban J connectivity index is 1.58. The van der Waals surface area contributed by atoms with Gasteiger partial charge in [0.1, 0.15) is 23.9 Å². The van der Waals surface area contributed by atoms with E-state index in [1.54, 1.807) is 20.5 Å². The molecule has 1 aromatic heterocycles. The maximum atomic E-state index is 5.34. The largest absolute Gasteiger partial charge is 0.497 e. The molecule has 1 unspecified atom stereocenters. The monoisotopic (exact) mass is 400 g/mol. The normalized spacial score (nSPS) is 19.1. The van der Waals surface area contributed by atoms with Crippen LogP contribution in [0, 0.1) is 0 Å². The summed E-state index contributed by atoms with van der Waals surface area (Å²) in [6.45, 7) is 0. The first-order valence-corrected chi connectivity index (χ1v) is 10.2. The molecular weight excluding hydrogens is 376 g/mol. The lowest BCUT2D eigenvalue weighted by atomic mass is 9.83. The topological polar surface area (TPSA) is 61.2 Å². The van der Waals surface area contributed by atoms with Gasteiger partial charge in [0.05, 0.1) is 14.2 Å². The maximum Gasteiger partial charge on any atom is 0.226 e. The van der Waals surface area contributed by atoms with Gasteiger partial charge in [-0.2, -0.15) is 10.1 Å². The summed E-state index contributed by atoms with van der Waals surface area (Å²) in [4.78, 5) is 4.46. The van der Waals surface area contributed by atoms with Gasteiger partial charge in [-0.05, 0) is 71.9 Å². The lowest BCUT2D eigenvalue weighted by Crippen LogP contribution is -2.28. The van der Waals surface area contributed by atoms with Crippen LogP contribution in [-0.4, -0.2) is 29.0 Å². The lowest BCUT2D eigenvalue weighted by Gasteiger charge is -2.34. The van der Waals surface area contributed by atoms with Crippen molar-refractivity contribution >= 4 is 12.0 Å². The van der Waals surface area contributed by atoms with Crippen molar-refractivity contribution in [3.05, 3.63) is 82.8 Å². The van der Waals surface area contributed by atoms with Crippen molar-refractivity contribution in [2.24, 2.45) is 0 Å². The van der Waals surface area contributed by atoms with E-state index in [4.69, 9.17) is 9.47 Å². The molecule has 0 amide bonds. The minimum absolute atomic E-state index is 0.0317. The van der Waals surface area contributed by atoms with Gasteiger partial charge < -0.3 is 14.8 Å². The van der Waals surface area contributed by atoms with E-state index < -0.39 is 0 Å². The van der Waals surface area contributed by atoms with Crippen LogP contribution in [0.5, 0.6) is 11.5 Å². The van der Waals surface area contributed by atoms with E-state index in [9.17, 15) is 0 Å². The minimum Gasteiger partial charge on any atom is -0.497 e. The number of hydrogen-bond donors (Lipinski definition) is 1. The van der Waals surface area contributed by atoms with Crippen LogP contribution in [0.25, 0.3) is 6.08 Å². The summed E-state index contributed by atoms with van der Waals surface area (Å²) in [5.41, 5.74) is 6.17. The fourth-order valence-electron chi connectivity index (χ4n) is 4.32. The number of methoxy groups -OCH3 is 2. The molecule has 2 aliphatic rings. The van der Waals surface area contributed by atoms with E-state index in [0.717, 1.165) is 42.3 Å². The van der Waals surface area contributed by atoms with Crippen LogP contribution >= 0.6 is 0 Å². The van der Waals surface area contributed by atoms with Crippen LogP contribution in [0.3, 0.4) is 0 Å². The van der Waals surface area contributed by atoms with Crippen molar-refractivity contribution in [3.8, 4) is 11.5 Å². The summed E-state index contributed by atoms with van der Waals surface area (Å²) in [6.07, 6.45) is 7.04. The molecule has 1 N–H and O–H groups in total. The number of benzene rings is 2. The summed E-state index contributed by atoms with van der Waals surface area (Å²) in [5.74, 6) is 2.49. The number of nitrogens with zero attached hydrogens (tertiary/aromatic N) is 3. The average molecular weight is 400 g/mol. The molecule has 3 aromatic rings. The van der Waals surface area contributed by atoms with Crippen LogP contribution in [-0.2, 0) is 0 Å². The van der Waals surface area contributed by atoms with Crippen molar-refractivity contribution in [1.82, 2.24) is 14.8 Å². The number of rotatable bonds is 4. The quantitative estimate of drug-likeness (QED) is 0.680. The van der Waals surface area contributed by atoms with Crippen molar-refractivity contribution in [3.63, 3.8) is 0 Å². The smallest absolute Gasteiger partial charge is 0.226 e. The van der Waals surface area contributed by atoms with Crippen LogP contribution in [0.1, 0.15) is 36.4 Å². The van der Waals surface area contributed by atoms with Crippen molar-refractivity contribution in [2.75, 3.05) is 19.5 Å². The molecule has 1 atom stereocenters. The third-order valence-electron chi connectivity index (χ3n) is 5.81. The predicted molar refractivity (Wildman–Crippen MR) is 117 cm³/mol. The molecule has 0 saturated heterocycles. The Morgan fingerprint density at radius 2 is 1.67 bits per heavy atom. The molecule has 2 heterocycles. The third kappa shape index (κ3) is 3.24. The van der Waals surface area contributed by atoms with Gasteiger partial charge >= 0.3 is 0 Å². The molecule has 6 nitrogen and oxygen atoms in total. The summed E-state index contributed by atoms with van der Waals surface area (Å²) >= 11 is 0. The highest BCUT2D eigenvalue weighted by Crippen LogP contribution is 2.43. The van der Waals surface area contributed by atoms with Gasteiger partial charge in [-0.25, -0.2) is 4.68 Å². The molecule has 2 aromatic carbocycles. The average Bonchev–Trinajstić information content (AvgIpc) is 3.27. The van der Waals surface area contributed by atoms with Gasteiger partial charge in [0.15, 0.2) is 0 Å².